The third-order valence-corrected chi connectivity index (χ3v) is 7.09. The van der Waals surface area contributed by atoms with E-state index in [1.165, 1.54) is 11.8 Å². The summed E-state index contributed by atoms with van der Waals surface area (Å²) in [5.74, 6) is 2.62. The molecule has 0 spiro atoms. The molecule has 0 atom stereocenters. The molecule has 35 heavy (non-hydrogen) atoms. The summed E-state index contributed by atoms with van der Waals surface area (Å²) in [6.45, 7) is 7.10. The van der Waals surface area contributed by atoms with Gasteiger partial charge in [-0.1, -0.05) is 40.6 Å². The van der Waals surface area contributed by atoms with E-state index in [4.69, 9.17) is 9.05 Å². The van der Waals surface area contributed by atoms with E-state index >= 15 is 0 Å². The van der Waals surface area contributed by atoms with Gasteiger partial charge in [-0.3, -0.25) is 9.69 Å². The summed E-state index contributed by atoms with van der Waals surface area (Å²) in [5.41, 5.74) is 3.47. The third-order valence-electron chi connectivity index (χ3n) is 6.05. The second kappa shape index (κ2) is 10.4. The highest BCUT2D eigenvalue weighted by Gasteiger charge is 2.25. The average molecular weight is 491 g/mol. The van der Waals surface area contributed by atoms with Crippen molar-refractivity contribution < 1.29 is 13.8 Å². The van der Waals surface area contributed by atoms with Crippen LogP contribution >= 0.6 is 11.8 Å². The molecule has 0 unspecified atom stereocenters. The summed E-state index contributed by atoms with van der Waals surface area (Å²) >= 11 is 1.53. The highest BCUT2D eigenvalue weighted by molar-refractivity contribution is 7.98. The molecule has 3 aromatic heterocycles. The van der Waals surface area contributed by atoms with Crippen LogP contribution in [0.3, 0.4) is 0 Å². The molecule has 1 aromatic carbocycles. The lowest BCUT2D eigenvalue weighted by Crippen LogP contribution is -2.48. The number of aromatic nitrogens is 4. The molecule has 4 aromatic rings. The molecule has 0 radical (unpaired) electrons. The quantitative estimate of drug-likeness (QED) is 0.356. The minimum Gasteiger partial charge on any atom is -0.361 e. The molecular formula is C25H26N6O3S. The summed E-state index contributed by atoms with van der Waals surface area (Å²) in [6, 6.07) is 13.4. The summed E-state index contributed by atoms with van der Waals surface area (Å²) in [7, 11) is 0. The largest absolute Gasteiger partial charge is 0.361 e. The van der Waals surface area contributed by atoms with Crippen molar-refractivity contribution >= 4 is 17.7 Å². The van der Waals surface area contributed by atoms with Crippen LogP contribution in [0.1, 0.15) is 33.3 Å². The van der Waals surface area contributed by atoms with Crippen LogP contribution in [0.25, 0.3) is 11.4 Å². The number of thioether (sulfide) groups is 1. The zero-order valence-electron chi connectivity index (χ0n) is 19.7. The minimum absolute atomic E-state index is 0.00293. The van der Waals surface area contributed by atoms with Crippen molar-refractivity contribution in [1.29, 1.82) is 0 Å². The van der Waals surface area contributed by atoms with Gasteiger partial charge in [0.25, 0.3) is 5.91 Å². The molecule has 4 heterocycles. The first-order valence-corrected chi connectivity index (χ1v) is 12.5. The average Bonchev–Trinajstić information content (AvgIpc) is 3.49. The normalized spacial score (nSPS) is 14.4. The van der Waals surface area contributed by atoms with Crippen LogP contribution in [-0.4, -0.2) is 62.2 Å². The van der Waals surface area contributed by atoms with E-state index in [9.17, 15) is 4.79 Å². The summed E-state index contributed by atoms with van der Waals surface area (Å²) < 4.78 is 10.7. The van der Waals surface area contributed by atoms with Crippen molar-refractivity contribution in [2.45, 2.75) is 31.2 Å². The fourth-order valence-electron chi connectivity index (χ4n) is 4.01. The first-order valence-electron chi connectivity index (χ1n) is 11.5. The Hall–Kier alpha value is -3.50. The fourth-order valence-corrected chi connectivity index (χ4v) is 5.15. The number of piperazine rings is 1. The van der Waals surface area contributed by atoms with Crippen molar-refractivity contribution in [3.8, 4) is 11.4 Å². The molecule has 1 fully saturated rings. The molecule has 9 nitrogen and oxygen atoms in total. The van der Waals surface area contributed by atoms with Crippen LogP contribution in [-0.2, 0) is 12.3 Å². The molecule has 0 bridgehead atoms. The van der Waals surface area contributed by atoms with Crippen LogP contribution < -0.4 is 0 Å². The lowest BCUT2D eigenvalue weighted by molar-refractivity contribution is 0.0611. The van der Waals surface area contributed by atoms with Crippen LogP contribution in [0.4, 0.5) is 0 Å². The van der Waals surface area contributed by atoms with Gasteiger partial charge < -0.3 is 13.9 Å². The van der Waals surface area contributed by atoms with Gasteiger partial charge in [0.1, 0.15) is 10.8 Å². The monoisotopic (exact) mass is 490 g/mol. The van der Waals surface area contributed by atoms with Gasteiger partial charge in [-0.25, -0.2) is 4.98 Å². The molecule has 1 aliphatic heterocycles. The predicted octanol–water partition coefficient (Wildman–Crippen LogP) is 3.99. The number of hydrogen-bond donors (Lipinski definition) is 0. The Morgan fingerprint density at radius 3 is 2.54 bits per heavy atom. The van der Waals surface area contributed by atoms with E-state index in [0.29, 0.717) is 42.7 Å². The van der Waals surface area contributed by atoms with E-state index in [0.717, 1.165) is 40.7 Å². The third kappa shape index (κ3) is 5.28. The van der Waals surface area contributed by atoms with Crippen LogP contribution in [0.2, 0.25) is 0 Å². The van der Waals surface area contributed by atoms with E-state index in [-0.39, 0.29) is 5.91 Å². The predicted molar refractivity (Wildman–Crippen MR) is 131 cm³/mol. The lowest BCUT2D eigenvalue weighted by atomic mass is 10.2. The minimum atomic E-state index is 0.00293. The number of amides is 1. The molecule has 0 N–H and O–H groups in total. The van der Waals surface area contributed by atoms with Crippen molar-refractivity contribution in [1.82, 2.24) is 30.1 Å². The van der Waals surface area contributed by atoms with Gasteiger partial charge >= 0.3 is 0 Å². The molecule has 0 aliphatic carbocycles. The molecule has 0 saturated carbocycles. The molecule has 1 amide bonds. The number of benzene rings is 1. The molecule has 180 valence electrons. The van der Waals surface area contributed by atoms with E-state index < -0.39 is 0 Å². The summed E-state index contributed by atoms with van der Waals surface area (Å²) in [6.07, 6.45) is 1.72. The van der Waals surface area contributed by atoms with Crippen molar-refractivity contribution in [3.63, 3.8) is 0 Å². The van der Waals surface area contributed by atoms with Crippen LogP contribution in [0, 0.1) is 13.8 Å². The number of carbonyl (C=O) groups excluding carboxylic acids is 1. The number of carbonyl (C=O) groups is 1. The first kappa shape index (κ1) is 23.3. The number of pyridine rings is 1. The Labute approximate surface area is 207 Å². The zero-order valence-corrected chi connectivity index (χ0v) is 20.5. The van der Waals surface area contributed by atoms with E-state index in [1.54, 1.807) is 6.20 Å². The summed E-state index contributed by atoms with van der Waals surface area (Å²) in [4.78, 5) is 26.4. The van der Waals surface area contributed by atoms with Gasteiger partial charge in [-0.15, -0.1) is 11.8 Å². The van der Waals surface area contributed by atoms with Gasteiger partial charge in [0.2, 0.25) is 11.7 Å². The second-order valence-electron chi connectivity index (χ2n) is 8.39. The molecule has 1 saturated heterocycles. The maximum atomic E-state index is 13.3. The Bertz CT molecular complexity index is 1280. The Morgan fingerprint density at radius 1 is 1.00 bits per heavy atom. The number of hydrogen-bond acceptors (Lipinski definition) is 9. The molecule has 1 aliphatic rings. The van der Waals surface area contributed by atoms with Crippen LogP contribution in [0.15, 0.2) is 62.7 Å². The summed E-state index contributed by atoms with van der Waals surface area (Å²) in [5, 5.41) is 8.83. The van der Waals surface area contributed by atoms with Crippen molar-refractivity contribution in [2.75, 3.05) is 26.2 Å². The molecule has 5 rings (SSSR count). The molecule has 10 heteroatoms. The van der Waals surface area contributed by atoms with Gasteiger partial charge in [-0.2, -0.15) is 4.98 Å². The topological polar surface area (TPSA) is 101 Å². The Kier molecular flexibility index (Phi) is 6.91. The van der Waals surface area contributed by atoms with E-state index in [2.05, 4.69) is 25.2 Å². The van der Waals surface area contributed by atoms with E-state index in [1.807, 2.05) is 61.2 Å². The second-order valence-corrected chi connectivity index (χ2v) is 9.36. The standard InChI is InChI=1S/C25H26N6O3S/c1-17-21(18(2)33-28-17)16-35-24-20(9-6-10-26-24)25(32)31-13-11-30(12-14-31)15-22-27-23(29-34-22)19-7-4-3-5-8-19/h3-10H,11-16H2,1-2H3. The fraction of sp³-hybridized carbons (Fsp3) is 0.320. The van der Waals surface area contributed by atoms with Crippen molar-refractivity contribution in [3.05, 3.63) is 77.1 Å². The highest BCUT2D eigenvalue weighted by atomic mass is 32.2. The maximum Gasteiger partial charge on any atom is 0.256 e. The zero-order chi connectivity index (χ0) is 24.2. The maximum absolute atomic E-state index is 13.3. The lowest BCUT2D eigenvalue weighted by Gasteiger charge is -2.34. The molecular weight excluding hydrogens is 464 g/mol. The number of aryl methyl sites for hydroxylation is 2. The smallest absolute Gasteiger partial charge is 0.256 e. The van der Waals surface area contributed by atoms with Gasteiger partial charge in [-0.05, 0) is 26.0 Å². The van der Waals surface area contributed by atoms with Crippen molar-refractivity contribution in [2.24, 2.45) is 0 Å². The van der Waals surface area contributed by atoms with Gasteiger partial charge in [0.15, 0.2) is 0 Å². The Morgan fingerprint density at radius 2 is 1.80 bits per heavy atom. The van der Waals surface area contributed by atoms with Crippen LogP contribution in [0.5, 0.6) is 0 Å². The first-order chi connectivity index (χ1) is 17.1. The highest BCUT2D eigenvalue weighted by Crippen LogP contribution is 2.28. The Balaban J connectivity index is 1.18. The SMILES string of the molecule is Cc1noc(C)c1CSc1ncccc1C(=O)N1CCN(Cc2nc(-c3ccccc3)no2)CC1. The number of nitrogens with zero attached hydrogens (tertiary/aromatic N) is 6. The van der Waals surface area contributed by atoms with Gasteiger partial charge in [0, 0.05) is 49.3 Å². The number of rotatable bonds is 7. The van der Waals surface area contributed by atoms with Gasteiger partial charge in [0.05, 0.1) is 17.8 Å².